The number of pyridine rings is 1. The molecule has 1 aliphatic rings. The molecule has 0 unspecified atom stereocenters. The van der Waals surface area contributed by atoms with Gasteiger partial charge >= 0.3 is 6.18 Å². The summed E-state index contributed by atoms with van der Waals surface area (Å²) in [6.07, 6.45) is -4.51. The van der Waals surface area contributed by atoms with Crippen LogP contribution < -0.4 is 20.3 Å². The first-order chi connectivity index (χ1) is 17.7. The zero-order valence-corrected chi connectivity index (χ0v) is 20.1. The monoisotopic (exact) mass is 508 g/mol. The molecule has 1 amide bonds. The van der Waals surface area contributed by atoms with Gasteiger partial charge in [-0.15, -0.1) is 0 Å². The molecule has 2 heterocycles. The van der Waals surface area contributed by atoms with Crippen molar-refractivity contribution in [3.8, 4) is 22.6 Å². The number of carbonyl (C=O) groups is 1. The van der Waals surface area contributed by atoms with Crippen LogP contribution in [-0.2, 0) is 19.3 Å². The molecule has 1 N–H and O–H groups in total. The first-order valence-electron chi connectivity index (χ1n) is 11.6. The molecule has 0 spiro atoms. The molecule has 0 fully saturated rings. The van der Waals surface area contributed by atoms with E-state index in [0.717, 1.165) is 12.1 Å². The van der Waals surface area contributed by atoms with Crippen molar-refractivity contribution < 1.29 is 27.4 Å². The Morgan fingerprint density at radius 2 is 1.89 bits per heavy atom. The van der Waals surface area contributed by atoms with E-state index in [4.69, 9.17) is 9.47 Å². The zero-order valence-electron chi connectivity index (χ0n) is 20.1. The number of nitrogens with one attached hydrogen (secondary N) is 1. The maximum atomic E-state index is 13.7. The fraction of sp³-hybridized carbons (Fsp3) is 0.214. The maximum Gasteiger partial charge on any atom is 0.416 e. The summed E-state index contributed by atoms with van der Waals surface area (Å²) < 4.78 is 52.7. The molecule has 0 saturated heterocycles. The number of rotatable bonds is 5. The van der Waals surface area contributed by atoms with Crippen molar-refractivity contribution >= 4 is 16.8 Å². The van der Waals surface area contributed by atoms with Gasteiger partial charge in [0, 0.05) is 23.1 Å². The first kappa shape index (κ1) is 24.4. The van der Waals surface area contributed by atoms with E-state index in [1.807, 2.05) is 0 Å². The normalized spacial score (nSPS) is 12.8. The van der Waals surface area contributed by atoms with Crippen LogP contribution in [-0.4, -0.2) is 24.2 Å². The van der Waals surface area contributed by atoms with Gasteiger partial charge < -0.3 is 19.4 Å². The van der Waals surface area contributed by atoms with Gasteiger partial charge in [-0.05, 0) is 36.8 Å². The van der Waals surface area contributed by atoms with Crippen LogP contribution in [0.4, 0.5) is 13.2 Å². The van der Waals surface area contributed by atoms with Gasteiger partial charge in [0.25, 0.3) is 11.5 Å². The van der Waals surface area contributed by atoms with Gasteiger partial charge in [0.2, 0.25) is 0 Å². The second kappa shape index (κ2) is 9.31. The number of benzene rings is 3. The number of hydrogen-bond acceptors (Lipinski definition) is 4. The Kier molecular flexibility index (Phi) is 6.15. The molecular formula is C28H23F3N2O4. The Morgan fingerprint density at radius 3 is 2.65 bits per heavy atom. The highest BCUT2D eigenvalue weighted by molar-refractivity contribution is 6.10. The van der Waals surface area contributed by atoms with Crippen LogP contribution in [0, 0.1) is 6.92 Å². The Labute approximate surface area is 210 Å². The van der Waals surface area contributed by atoms with Crippen LogP contribution in [0.1, 0.15) is 27.0 Å². The van der Waals surface area contributed by atoms with E-state index < -0.39 is 23.2 Å². The molecule has 5 rings (SSSR count). The smallest absolute Gasteiger partial charge is 0.416 e. The molecule has 190 valence electrons. The van der Waals surface area contributed by atoms with Crippen LogP contribution in [0.3, 0.4) is 0 Å². The van der Waals surface area contributed by atoms with E-state index in [2.05, 4.69) is 5.32 Å². The van der Waals surface area contributed by atoms with Gasteiger partial charge in [0.05, 0.1) is 24.7 Å². The fourth-order valence-electron chi connectivity index (χ4n) is 4.80. The highest BCUT2D eigenvalue weighted by atomic mass is 19.4. The lowest BCUT2D eigenvalue weighted by atomic mass is 9.94. The van der Waals surface area contributed by atoms with Crippen molar-refractivity contribution in [3.05, 3.63) is 93.3 Å². The van der Waals surface area contributed by atoms with Crippen LogP contribution in [0.25, 0.3) is 22.0 Å². The van der Waals surface area contributed by atoms with Gasteiger partial charge in [-0.25, -0.2) is 0 Å². The molecule has 0 aliphatic carbocycles. The summed E-state index contributed by atoms with van der Waals surface area (Å²) in [6.45, 7) is 1.90. The molecular weight excluding hydrogens is 485 g/mol. The van der Waals surface area contributed by atoms with Gasteiger partial charge in [0.1, 0.15) is 23.7 Å². The third-order valence-electron chi connectivity index (χ3n) is 6.34. The summed E-state index contributed by atoms with van der Waals surface area (Å²) in [6, 6.07) is 16.0. The van der Waals surface area contributed by atoms with Crippen molar-refractivity contribution in [1.82, 2.24) is 9.88 Å². The predicted octanol–water partition coefficient (Wildman–Crippen LogP) is 5.33. The molecule has 0 radical (unpaired) electrons. The van der Waals surface area contributed by atoms with Crippen LogP contribution in [0.5, 0.6) is 11.5 Å². The van der Waals surface area contributed by atoms with E-state index in [9.17, 15) is 22.8 Å². The van der Waals surface area contributed by atoms with E-state index in [1.165, 1.54) is 11.7 Å². The van der Waals surface area contributed by atoms with Crippen molar-refractivity contribution in [1.29, 1.82) is 0 Å². The lowest BCUT2D eigenvalue weighted by Crippen LogP contribution is -2.36. The van der Waals surface area contributed by atoms with Crippen molar-refractivity contribution in [3.63, 3.8) is 0 Å². The third-order valence-corrected chi connectivity index (χ3v) is 6.34. The quantitative estimate of drug-likeness (QED) is 0.396. The summed E-state index contributed by atoms with van der Waals surface area (Å²) in [5.74, 6) is 0.304. The number of amides is 1. The Hall–Kier alpha value is -4.27. The number of aromatic nitrogens is 1. The molecule has 0 saturated carbocycles. The van der Waals surface area contributed by atoms with E-state index in [-0.39, 0.29) is 30.8 Å². The van der Waals surface area contributed by atoms with Gasteiger partial charge in [0.15, 0.2) is 0 Å². The van der Waals surface area contributed by atoms with Crippen molar-refractivity contribution in [2.24, 2.45) is 0 Å². The number of carbonyl (C=O) groups excluding carboxylic acids is 1. The average molecular weight is 508 g/mol. The van der Waals surface area contributed by atoms with E-state index >= 15 is 0 Å². The summed E-state index contributed by atoms with van der Waals surface area (Å²) in [7, 11) is 1.50. The lowest BCUT2D eigenvalue weighted by molar-refractivity contribution is -0.137. The molecule has 0 bridgehead atoms. The molecule has 6 nitrogen and oxygen atoms in total. The maximum absolute atomic E-state index is 13.7. The summed E-state index contributed by atoms with van der Waals surface area (Å²) in [5, 5.41) is 3.29. The second-order valence-corrected chi connectivity index (χ2v) is 8.80. The number of methoxy groups -OCH3 is 1. The number of alkyl halides is 3. The fourth-order valence-corrected chi connectivity index (χ4v) is 4.80. The molecule has 3 aromatic carbocycles. The topological polar surface area (TPSA) is 69.6 Å². The summed E-state index contributed by atoms with van der Waals surface area (Å²) in [5.41, 5.74) is 0.755. The molecule has 1 aliphatic heterocycles. The zero-order chi connectivity index (χ0) is 26.3. The molecule has 9 heteroatoms. The average Bonchev–Trinajstić information content (AvgIpc) is 2.88. The molecule has 1 aromatic heterocycles. The van der Waals surface area contributed by atoms with Crippen LogP contribution >= 0.6 is 0 Å². The number of ether oxygens (including phenoxy) is 2. The number of para-hydroxylation sites is 2. The number of aryl methyl sites for hydroxylation is 1. The van der Waals surface area contributed by atoms with Crippen molar-refractivity contribution in [2.45, 2.75) is 26.2 Å². The predicted molar refractivity (Wildman–Crippen MR) is 133 cm³/mol. The van der Waals surface area contributed by atoms with Gasteiger partial charge in [-0.3, -0.25) is 9.59 Å². The van der Waals surface area contributed by atoms with E-state index in [1.54, 1.807) is 55.5 Å². The summed E-state index contributed by atoms with van der Waals surface area (Å²) >= 11 is 0. The highest BCUT2D eigenvalue weighted by Crippen LogP contribution is 2.39. The second-order valence-electron chi connectivity index (χ2n) is 8.80. The van der Waals surface area contributed by atoms with Crippen molar-refractivity contribution in [2.75, 3.05) is 13.7 Å². The van der Waals surface area contributed by atoms with E-state index in [0.29, 0.717) is 39.1 Å². The molecule has 37 heavy (non-hydrogen) atoms. The molecule has 0 atom stereocenters. The largest absolute Gasteiger partial charge is 0.496 e. The Morgan fingerprint density at radius 1 is 1.11 bits per heavy atom. The Bertz CT molecular complexity index is 1590. The van der Waals surface area contributed by atoms with Gasteiger partial charge in [-0.2, -0.15) is 13.2 Å². The van der Waals surface area contributed by atoms with Crippen LogP contribution in [0.15, 0.2) is 65.5 Å². The summed E-state index contributed by atoms with van der Waals surface area (Å²) in [4.78, 5) is 27.3. The highest BCUT2D eigenvalue weighted by Gasteiger charge is 2.31. The van der Waals surface area contributed by atoms with Crippen LogP contribution in [0.2, 0.25) is 0 Å². The number of halogens is 3. The number of nitrogens with zero attached hydrogens (tertiary/aromatic N) is 1. The lowest BCUT2D eigenvalue weighted by Gasteiger charge is -2.24. The van der Waals surface area contributed by atoms with Gasteiger partial charge in [-0.1, -0.05) is 42.0 Å². The minimum Gasteiger partial charge on any atom is -0.496 e. The minimum atomic E-state index is -4.51. The molecule has 4 aromatic rings. The third kappa shape index (κ3) is 4.41. The minimum absolute atomic E-state index is 0.111. The first-order valence-corrected chi connectivity index (χ1v) is 11.6. The number of hydrogen-bond donors (Lipinski definition) is 1. The standard InChI is InChI=1S/C28H23F3N2O4/c1-16-12-17(14-18(13-16)28(29,30)31)15-32-26(34)24-23(19-6-3-4-8-21(19)36-2)20-7-5-9-22-25(20)33(27(24)35)10-11-37-22/h3-9,12-14H,10-11,15H2,1-2H3,(H,32,34). The Balaban J connectivity index is 1.66. The SMILES string of the molecule is COc1ccccc1-c1c(C(=O)NCc2cc(C)cc(C(F)(F)F)c2)c(=O)n2c3c(cccc13)OCC2.